The van der Waals surface area contributed by atoms with Crippen molar-refractivity contribution in [3.05, 3.63) is 65.7 Å². The van der Waals surface area contributed by atoms with Crippen LogP contribution in [0.3, 0.4) is 0 Å². The molecule has 0 saturated carbocycles. The summed E-state index contributed by atoms with van der Waals surface area (Å²) in [6.07, 6.45) is -2.50. The van der Waals surface area contributed by atoms with E-state index in [1.807, 2.05) is 30.3 Å². The number of ether oxygens (including phenoxy) is 1. The largest absolute Gasteiger partial charge is 0.486 e. The summed E-state index contributed by atoms with van der Waals surface area (Å²) < 4.78 is 47.3. The van der Waals surface area contributed by atoms with Crippen LogP contribution in [0.2, 0.25) is 0 Å². The number of hydrogen-bond donors (Lipinski definition) is 0. The summed E-state index contributed by atoms with van der Waals surface area (Å²) in [5, 5.41) is 0. The molecule has 0 bridgehead atoms. The smallest absolute Gasteiger partial charge is 0.416 e. The first-order chi connectivity index (χ1) is 11.5. The fraction of sp³-hybridized carbons (Fsp3) is 0.316. The molecule has 0 radical (unpaired) electrons. The van der Waals surface area contributed by atoms with E-state index in [4.69, 9.17) is 4.74 Å². The molecule has 0 heterocycles. The van der Waals surface area contributed by atoms with Crippen molar-refractivity contribution in [1.82, 2.24) is 0 Å². The molecule has 0 aromatic heterocycles. The van der Waals surface area contributed by atoms with E-state index in [1.54, 1.807) is 0 Å². The maximum Gasteiger partial charge on any atom is 0.416 e. The Hall–Kier alpha value is -1.37. The van der Waals surface area contributed by atoms with Crippen molar-refractivity contribution in [3.8, 4) is 5.75 Å². The first-order valence-corrected chi connectivity index (χ1v) is 10.6. The minimum atomic E-state index is -4.32. The summed E-state index contributed by atoms with van der Waals surface area (Å²) in [7, 11) is 0. The molecule has 0 aliphatic rings. The van der Waals surface area contributed by atoms with Crippen LogP contribution in [-0.2, 0) is 6.18 Å². The average molecular weight is 448 g/mol. The Bertz CT molecular complexity index is 636. The summed E-state index contributed by atoms with van der Waals surface area (Å²) in [5.74, 6) is 0.467. The van der Waals surface area contributed by atoms with Crippen molar-refractivity contribution in [2.24, 2.45) is 0 Å². The molecular weight excluding hydrogens is 428 g/mol. The van der Waals surface area contributed by atoms with Gasteiger partial charge in [0.1, 0.15) is 11.9 Å². The lowest BCUT2D eigenvalue weighted by Crippen LogP contribution is -2.09. The van der Waals surface area contributed by atoms with Gasteiger partial charge in [0.2, 0.25) is 0 Å². The Labute approximate surface area is 150 Å². The fourth-order valence-electron chi connectivity index (χ4n) is 2.20. The molecule has 0 aliphatic carbocycles. The predicted molar refractivity (Wildman–Crippen MR) is 101 cm³/mol. The van der Waals surface area contributed by atoms with E-state index in [9.17, 15) is 13.2 Å². The Morgan fingerprint density at radius 1 is 1.04 bits per heavy atom. The third-order valence-electron chi connectivity index (χ3n) is 3.38. The first kappa shape index (κ1) is 19.0. The SMILES string of the molecule is CCC=ICC[C@@H](Oc1ccc(C(F)(F)F)cc1)c1ccccc1. The number of halogens is 4. The van der Waals surface area contributed by atoms with Crippen LogP contribution in [0.15, 0.2) is 54.6 Å². The van der Waals surface area contributed by atoms with Gasteiger partial charge in [0.25, 0.3) is 0 Å². The van der Waals surface area contributed by atoms with E-state index in [0.717, 1.165) is 35.0 Å². The summed E-state index contributed by atoms with van der Waals surface area (Å²) in [6.45, 7) is 2.13. The quantitative estimate of drug-likeness (QED) is 0.352. The van der Waals surface area contributed by atoms with Gasteiger partial charge in [-0.15, -0.1) is 20.7 Å². The zero-order chi connectivity index (χ0) is 17.4. The van der Waals surface area contributed by atoms with Crippen LogP contribution in [0.4, 0.5) is 13.2 Å². The van der Waals surface area contributed by atoms with Gasteiger partial charge in [0.15, 0.2) is 0 Å². The monoisotopic (exact) mass is 448 g/mol. The number of rotatable bonds is 7. The molecule has 130 valence electrons. The zero-order valence-electron chi connectivity index (χ0n) is 13.4. The molecule has 0 spiro atoms. The Morgan fingerprint density at radius 2 is 1.71 bits per heavy atom. The van der Waals surface area contributed by atoms with Crippen molar-refractivity contribution in [2.45, 2.75) is 32.0 Å². The van der Waals surface area contributed by atoms with Crippen molar-refractivity contribution in [2.75, 3.05) is 4.43 Å². The van der Waals surface area contributed by atoms with Crippen molar-refractivity contribution < 1.29 is 17.9 Å². The highest BCUT2D eigenvalue weighted by atomic mass is 127. The third kappa shape index (κ3) is 5.92. The lowest BCUT2D eigenvalue weighted by Gasteiger charge is -2.19. The summed E-state index contributed by atoms with van der Waals surface area (Å²) in [4.78, 5) is 0. The normalized spacial score (nSPS) is 13.5. The summed E-state index contributed by atoms with van der Waals surface area (Å²) in [6, 6.07) is 14.8. The van der Waals surface area contributed by atoms with E-state index in [1.165, 1.54) is 12.1 Å². The number of benzene rings is 2. The second-order valence-electron chi connectivity index (χ2n) is 5.23. The molecule has 0 N–H and O–H groups in total. The van der Waals surface area contributed by atoms with E-state index < -0.39 is 11.7 Å². The van der Waals surface area contributed by atoms with Gasteiger partial charge >= 0.3 is 6.18 Å². The minimum Gasteiger partial charge on any atom is -0.486 e. The molecule has 0 saturated heterocycles. The molecule has 0 fully saturated rings. The number of hydrogen-bond acceptors (Lipinski definition) is 1. The lowest BCUT2D eigenvalue weighted by atomic mass is 10.1. The molecule has 2 rings (SSSR count). The molecule has 0 amide bonds. The van der Waals surface area contributed by atoms with Gasteiger partial charge in [0.05, 0.1) is 5.56 Å². The molecule has 24 heavy (non-hydrogen) atoms. The van der Waals surface area contributed by atoms with Crippen LogP contribution in [-0.4, -0.2) is 8.44 Å². The molecule has 0 aliphatic heterocycles. The molecule has 2 aromatic rings. The van der Waals surface area contributed by atoms with Crippen molar-refractivity contribution in [1.29, 1.82) is 0 Å². The van der Waals surface area contributed by atoms with E-state index in [0.29, 0.717) is 5.75 Å². The second-order valence-corrected chi connectivity index (χ2v) is 8.07. The summed E-state index contributed by atoms with van der Waals surface area (Å²) >= 11 is 0.0482. The van der Waals surface area contributed by atoms with E-state index in [-0.39, 0.29) is 26.8 Å². The second kappa shape index (κ2) is 9.20. The van der Waals surface area contributed by atoms with E-state index in [2.05, 4.69) is 10.9 Å². The molecule has 0 unspecified atom stereocenters. The van der Waals surface area contributed by atoms with Crippen LogP contribution in [0, 0.1) is 0 Å². The minimum absolute atomic E-state index is 0.0482. The zero-order valence-corrected chi connectivity index (χ0v) is 15.5. The highest BCUT2D eigenvalue weighted by Crippen LogP contribution is 2.32. The number of alkyl halides is 4. The third-order valence-corrected chi connectivity index (χ3v) is 6.12. The van der Waals surface area contributed by atoms with Crippen LogP contribution in [0.25, 0.3) is 0 Å². The van der Waals surface area contributed by atoms with Crippen LogP contribution < -0.4 is 4.74 Å². The maximum atomic E-state index is 12.6. The van der Waals surface area contributed by atoms with Gasteiger partial charge in [-0.25, -0.2) is 0 Å². The lowest BCUT2D eigenvalue weighted by molar-refractivity contribution is -0.137. The Morgan fingerprint density at radius 3 is 2.29 bits per heavy atom. The molecule has 2 aromatic carbocycles. The van der Waals surface area contributed by atoms with Crippen LogP contribution >= 0.6 is 20.7 Å². The first-order valence-electron chi connectivity index (χ1n) is 7.79. The van der Waals surface area contributed by atoms with Gasteiger partial charge in [-0.2, -0.15) is 13.2 Å². The van der Waals surface area contributed by atoms with Crippen LogP contribution in [0.1, 0.15) is 37.0 Å². The van der Waals surface area contributed by atoms with Crippen LogP contribution in [0.5, 0.6) is 5.75 Å². The molecular formula is C19H20F3IO. The van der Waals surface area contributed by atoms with Gasteiger partial charge in [-0.1, -0.05) is 41.3 Å². The predicted octanol–water partition coefficient (Wildman–Crippen LogP) is 6.40. The molecule has 1 atom stereocenters. The average Bonchev–Trinajstić information content (AvgIpc) is 2.58. The van der Waals surface area contributed by atoms with Crippen molar-refractivity contribution in [3.63, 3.8) is 0 Å². The topological polar surface area (TPSA) is 9.23 Å². The van der Waals surface area contributed by atoms with Gasteiger partial charge in [0, 0.05) is 0 Å². The van der Waals surface area contributed by atoms with Gasteiger partial charge in [-0.05, 0) is 47.1 Å². The highest BCUT2D eigenvalue weighted by molar-refractivity contribution is 14.2. The van der Waals surface area contributed by atoms with Gasteiger partial charge < -0.3 is 4.74 Å². The fourth-order valence-corrected chi connectivity index (χ4v) is 4.18. The molecule has 5 heteroatoms. The Kier molecular flexibility index (Phi) is 7.27. The van der Waals surface area contributed by atoms with Crippen molar-refractivity contribution >= 4 is 24.7 Å². The Balaban J connectivity index is 2.11. The van der Waals surface area contributed by atoms with E-state index >= 15 is 0 Å². The summed E-state index contributed by atoms with van der Waals surface area (Å²) in [5.41, 5.74) is 0.396. The highest BCUT2D eigenvalue weighted by Gasteiger charge is 2.30. The maximum absolute atomic E-state index is 12.6. The standard InChI is InChI=1S/C19H20F3IO/c1-2-13-23-14-12-18(15-6-4-3-5-7-15)24-17-10-8-16(9-11-17)19(20,21)22/h3-11,13,18H,2,12,14H2,1H3/t18-/m1/s1. The van der Waals surface area contributed by atoms with Gasteiger partial charge in [-0.3, -0.25) is 0 Å². The molecule has 1 nitrogen and oxygen atoms in total.